The molecule has 8 rings (SSSR count). The summed E-state index contributed by atoms with van der Waals surface area (Å²) in [6, 6.07) is 58.4. The summed E-state index contributed by atoms with van der Waals surface area (Å²) in [6.45, 7) is 1.96. The van der Waals surface area contributed by atoms with Crippen LogP contribution < -0.4 is 14.2 Å². The molecule has 0 fully saturated rings. The maximum absolute atomic E-state index is 12.1. The van der Waals surface area contributed by atoms with Crippen LogP contribution in [0.3, 0.4) is 0 Å². The molecule has 0 aliphatic heterocycles. The molecule has 0 saturated heterocycles. The average Bonchev–Trinajstić information content (AvgIpc) is 3.22. The number of aromatic hydroxyl groups is 1. The van der Waals surface area contributed by atoms with Crippen molar-refractivity contribution in [2.24, 2.45) is 0 Å². The number of esters is 3. The molecule has 8 aromatic rings. The van der Waals surface area contributed by atoms with Gasteiger partial charge in [-0.25, -0.2) is 14.4 Å². The Balaban J connectivity index is 0.000000141. The monoisotopic (exact) mass is 724 g/mol. The Morgan fingerprint density at radius 1 is 0.400 bits per heavy atom. The quantitative estimate of drug-likeness (QED) is 0.135. The molecule has 1 N–H and O–H groups in total. The molecule has 0 spiro atoms. The SMILES string of the molecule is Cc1cccc(OC(=O)c2ccccc2)c1.O=C(Oc1ccc2ccccc2c1)c1ccccc1.O=C(Oc1ccccc1)c1ccc2ccccc2c1O. The molecule has 7 nitrogen and oxygen atoms in total. The van der Waals surface area contributed by atoms with Crippen molar-refractivity contribution in [1.82, 2.24) is 0 Å². The van der Waals surface area contributed by atoms with Gasteiger partial charge in [-0.1, -0.05) is 127 Å². The Labute approximate surface area is 318 Å². The van der Waals surface area contributed by atoms with Gasteiger partial charge in [-0.2, -0.15) is 0 Å². The fraction of sp³-hybridized carbons (Fsp3) is 0.0208. The van der Waals surface area contributed by atoms with E-state index in [4.69, 9.17) is 14.2 Å². The lowest BCUT2D eigenvalue weighted by atomic mass is 10.1. The molecule has 0 amide bonds. The summed E-state index contributed by atoms with van der Waals surface area (Å²) in [6.07, 6.45) is 0. The molecular formula is C48H36O7. The highest BCUT2D eigenvalue weighted by atomic mass is 16.5. The first-order valence-electron chi connectivity index (χ1n) is 17.4. The summed E-state index contributed by atoms with van der Waals surface area (Å²) < 4.78 is 15.8. The number of aryl methyl sites for hydroxylation is 1. The van der Waals surface area contributed by atoms with Gasteiger partial charge in [0, 0.05) is 5.39 Å². The summed E-state index contributed by atoms with van der Waals surface area (Å²) in [5.74, 6) is 0.303. The zero-order valence-corrected chi connectivity index (χ0v) is 29.9. The molecule has 0 aliphatic rings. The zero-order valence-electron chi connectivity index (χ0n) is 29.9. The number of carbonyl (C=O) groups is 3. The third kappa shape index (κ3) is 10.3. The number of hydrogen-bond acceptors (Lipinski definition) is 7. The van der Waals surface area contributed by atoms with Crippen LogP contribution in [0.5, 0.6) is 23.0 Å². The second-order valence-corrected chi connectivity index (χ2v) is 12.2. The highest BCUT2D eigenvalue weighted by Gasteiger charge is 2.16. The van der Waals surface area contributed by atoms with Gasteiger partial charge in [0.1, 0.15) is 28.6 Å². The van der Waals surface area contributed by atoms with Crippen molar-refractivity contribution in [2.75, 3.05) is 0 Å². The van der Waals surface area contributed by atoms with Crippen molar-refractivity contribution in [3.8, 4) is 23.0 Å². The van der Waals surface area contributed by atoms with Crippen LogP contribution in [0.1, 0.15) is 36.6 Å². The van der Waals surface area contributed by atoms with Crippen molar-refractivity contribution < 1.29 is 33.7 Å². The second-order valence-electron chi connectivity index (χ2n) is 12.2. The van der Waals surface area contributed by atoms with Crippen LogP contribution in [0.15, 0.2) is 194 Å². The van der Waals surface area contributed by atoms with E-state index in [2.05, 4.69) is 0 Å². The molecule has 55 heavy (non-hydrogen) atoms. The molecule has 0 bridgehead atoms. The summed E-state index contributed by atoms with van der Waals surface area (Å²) in [7, 11) is 0. The Morgan fingerprint density at radius 2 is 0.873 bits per heavy atom. The molecule has 0 saturated carbocycles. The Kier molecular flexibility index (Phi) is 12.4. The van der Waals surface area contributed by atoms with Gasteiger partial charge in [-0.05, 0) is 95.4 Å². The Hall–Kier alpha value is -7.51. The predicted octanol–water partition coefficient (Wildman–Crippen LogP) is 11.0. The smallest absolute Gasteiger partial charge is 0.347 e. The lowest BCUT2D eigenvalue weighted by Gasteiger charge is -2.08. The van der Waals surface area contributed by atoms with Crippen LogP contribution in [-0.4, -0.2) is 23.0 Å². The molecule has 7 heteroatoms. The fourth-order valence-electron chi connectivity index (χ4n) is 5.46. The third-order valence-corrected chi connectivity index (χ3v) is 8.22. The van der Waals surface area contributed by atoms with E-state index in [0.29, 0.717) is 33.8 Å². The molecular weight excluding hydrogens is 689 g/mol. The van der Waals surface area contributed by atoms with Gasteiger partial charge in [-0.15, -0.1) is 0 Å². The largest absolute Gasteiger partial charge is 0.506 e. The van der Waals surface area contributed by atoms with Gasteiger partial charge in [0.25, 0.3) is 0 Å². The van der Waals surface area contributed by atoms with Gasteiger partial charge < -0.3 is 19.3 Å². The number of rotatable bonds is 6. The number of phenols is 1. The first kappa shape index (κ1) is 37.3. The first-order chi connectivity index (χ1) is 26.8. The number of benzene rings is 8. The number of ether oxygens (including phenoxy) is 3. The summed E-state index contributed by atoms with van der Waals surface area (Å²) in [4.78, 5) is 35.7. The van der Waals surface area contributed by atoms with E-state index >= 15 is 0 Å². The van der Waals surface area contributed by atoms with E-state index in [1.165, 1.54) is 0 Å². The predicted molar refractivity (Wildman–Crippen MR) is 215 cm³/mol. The standard InChI is InChI=1S/C17H12O3.C17H12O2.C14H12O2/c18-16-14-9-5-4-6-12(14)10-11-15(16)17(19)20-13-7-2-1-3-8-13;18-17(14-7-2-1-3-8-14)19-16-11-10-13-6-4-5-9-15(13)12-16;1-11-6-5-9-13(10-11)16-14(15)12-7-3-2-4-8-12/h1-11,18H;1-12H;2-10H,1H3. The van der Waals surface area contributed by atoms with Crippen molar-refractivity contribution in [2.45, 2.75) is 6.92 Å². The van der Waals surface area contributed by atoms with Crippen LogP contribution in [0.2, 0.25) is 0 Å². The van der Waals surface area contributed by atoms with E-state index in [-0.39, 0.29) is 23.3 Å². The van der Waals surface area contributed by atoms with Crippen LogP contribution in [-0.2, 0) is 0 Å². The first-order valence-corrected chi connectivity index (χ1v) is 17.4. The topological polar surface area (TPSA) is 99.1 Å². The maximum Gasteiger partial charge on any atom is 0.347 e. The molecule has 0 radical (unpaired) electrons. The number of carbonyl (C=O) groups excluding carboxylic acids is 3. The van der Waals surface area contributed by atoms with Crippen molar-refractivity contribution >= 4 is 39.5 Å². The van der Waals surface area contributed by atoms with E-state index < -0.39 is 5.97 Å². The van der Waals surface area contributed by atoms with Gasteiger partial charge in [0.05, 0.1) is 11.1 Å². The minimum atomic E-state index is -0.570. The Bertz CT molecular complexity index is 2530. The summed E-state index contributed by atoms with van der Waals surface area (Å²) in [5.41, 5.74) is 2.34. The van der Waals surface area contributed by atoms with Crippen LogP contribution in [0.25, 0.3) is 21.5 Å². The van der Waals surface area contributed by atoms with Crippen LogP contribution >= 0.6 is 0 Å². The normalized spacial score (nSPS) is 10.2. The molecule has 270 valence electrons. The molecule has 0 atom stereocenters. The number of para-hydroxylation sites is 1. The minimum absolute atomic E-state index is 0.0518. The lowest BCUT2D eigenvalue weighted by molar-refractivity contribution is 0.0723. The molecule has 0 aliphatic carbocycles. The van der Waals surface area contributed by atoms with Crippen LogP contribution in [0.4, 0.5) is 0 Å². The number of hydrogen-bond donors (Lipinski definition) is 1. The summed E-state index contributed by atoms with van der Waals surface area (Å²) >= 11 is 0. The lowest BCUT2D eigenvalue weighted by Crippen LogP contribution is -2.08. The van der Waals surface area contributed by atoms with Gasteiger partial charge in [0.15, 0.2) is 0 Å². The van der Waals surface area contributed by atoms with Crippen LogP contribution in [0, 0.1) is 6.92 Å². The maximum atomic E-state index is 12.1. The fourth-order valence-corrected chi connectivity index (χ4v) is 5.46. The van der Waals surface area contributed by atoms with E-state index in [1.807, 2.05) is 128 Å². The van der Waals surface area contributed by atoms with E-state index in [0.717, 1.165) is 21.7 Å². The van der Waals surface area contributed by atoms with Crippen molar-refractivity contribution in [3.05, 3.63) is 216 Å². The van der Waals surface area contributed by atoms with Gasteiger partial charge >= 0.3 is 17.9 Å². The van der Waals surface area contributed by atoms with E-state index in [9.17, 15) is 19.5 Å². The highest BCUT2D eigenvalue weighted by Crippen LogP contribution is 2.29. The molecule has 0 aromatic heterocycles. The van der Waals surface area contributed by atoms with Gasteiger partial charge in [-0.3, -0.25) is 0 Å². The highest BCUT2D eigenvalue weighted by molar-refractivity contribution is 6.01. The molecule has 0 unspecified atom stereocenters. The minimum Gasteiger partial charge on any atom is -0.506 e. The number of phenolic OH excluding ortho intramolecular Hbond substituents is 1. The van der Waals surface area contributed by atoms with Crippen molar-refractivity contribution in [3.63, 3.8) is 0 Å². The second kappa shape index (κ2) is 18.3. The van der Waals surface area contributed by atoms with Gasteiger partial charge in [0.2, 0.25) is 0 Å². The summed E-state index contributed by atoms with van der Waals surface area (Å²) in [5, 5.41) is 13.9. The van der Waals surface area contributed by atoms with E-state index in [1.54, 1.807) is 72.8 Å². The third-order valence-electron chi connectivity index (χ3n) is 8.22. The molecule has 8 aromatic carbocycles. The average molecular weight is 725 g/mol. The molecule has 0 heterocycles. The number of fused-ring (bicyclic) bond motifs is 2. The Morgan fingerprint density at radius 3 is 1.49 bits per heavy atom. The van der Waals surface area contributed by atoms with Crippen molar-refractivity contribution in [1.29, 1.82) is 0 Å². The zero-order chi connectivity index (χ0) is 38.4.